The zero-order valence-electron chi connectivity index (χ0n) is 10.4. The zero-order chi connectivity index (χ0) is 14.9. The lowest BCUT2D eigenvalue weighted by Gasteiger charge is -2.11. The molecule has 0 unspecified atom stereocenters. The number of benzene rings is 1. The van der Waals surface area contributed by atoms with Crippen LogP contribution in [0.25, 0.3) is 0 Å². The van der Waals surface area contributed by atoms with Crippen molar-refractivity contribution in [3.63, 3.8) is 0 Å². The van der Waals surface area contributed by atoms with Crippen LogP contribution in [0.5, 0.6) is 0 Å². The summed E-state index contributed by atoms with van der Waals surface area (Å²) >= 11 is 4.70. The van der Waals surface area contributed by atoms with E-state index in [0.717, 1.165) is 6.07 Å². The molecule has 0 amide bonds. The Kier molecular flexibility index (Phi) is 3.73. The molecule has 106 valence electrons. The first-order chi connectivity index (χ1) is 9.31. The van der Waals surface area contributed by atoms with Gasteiger partial charge in [-0.1, -0.05) is 18.3 Å². The van der Waals surface area contributed by atoms with Gasteiger partial charge in [0.2, 0.25) is 0 Å². The van der Waals surface area contributed by atoms with E-state index in [-0.39, 0.29) is 21.1 Å². The molecule has 0 radical (unpaired) electrons. The number of sulfonamides is 1. The summed E-state index contributed by atoms with van der Waals surface area (Å²) in [6, 6.07) is 3.60. The summed E-state index contributed by atoms with van der Waals surface area (Å²) in [7, 11) is -2.37. The number of nitrogens with two attached hydrogens (primary N) is 1. The van der Waals surface area contributed by atoms with Gasteiger partial charge in [-0.2, -0.15) is 5.10 Å². The van der Waals surface area contributed by atoms with E-state index < -0.39 is 15.8 Å². The molecular weight excluding hydrogens is 303 g/mol. The summed E-state index contributed by atoms with van der Waals surface area (Å²) in [5.74, 6) is -0.786. The number of nitrogens with one attached hydrogen (secondary N) is 1. The van der Waals surface area contributed by atoms with Crippen LogP contribution in [0.3, 0.4) is 0 Å². The number of halogens is 1. The molecular formula is C11H11FN4O2S2. The van der Waals surface area contributed by atoms with E-state index in [4.69, 9.17) is 18.0 Å². The molecule has 2 aromatic rings. The normalized spacial score (nSPS) is 11.3. The van der Waals surface area contributed by atoms with Gasteiger partial charge < -0.3 is 5.73 Å². The molecule has 3 N–H and O–H groups in total. The Hall–Kier alpha value is -2.00. The fourth-order valence-corrected chi connectivity index (χ4v) is 3.18. The van der Waals surface area contributed by atoms with Crippen molar-refractivity contribution >= 4 is 32.9 Å². The number of anilines is 1. The van der Waals surface area contributed by atoms with Gasteiger partial charge in [-0.15, -0.1) is 0 Å². The number of aryl methyl sites for hydroxylation is 1. The van der Waals surface area contributed by atoms with Crippen molar-refractivity contribution in [3.05, 3.63) is 42.0 Å². The predicted octanol–water partition coefficient (Wildman–Crippen LogP) is 0.994. The van der Waals surface area contributed by atoms with E-state index >= 15 is 0 Å². The Bertz CT molecular complexity index is 770. The van der Waals surface area contributed by atoms with Gasteiger partial charge in [0.05, 0.1) is 17.4 Å². The van der Waals surface area contributed by atoms with Crippen LogP contribution in [-0.4, -0.2) is 23.2 Å². The predicted molar refractivity (Wildman–Crippen MR) is 76.3 cm³/mol. The van der Waals surface area contributed by atoms with Gasteiger partial charge in [0.25, 0.3) is 10.0 Å². The maximum absolute atomic E-state index is 13.7. The van der Waals surface area contributed by atoms with Crippen LogP contribution in [0.4, 0.5) is 10.1 Å². The van der Waals surface area contributed by atoms with Crippen LogP contribution in [0.15, 0.2) is 35.5 Å². The Morgan fingerprint density at radius 2 is 2.20 bits per heavy atom. The minimum Gasteiger partial charge on any atom is -0.389 e. The minimum atomic E-state index is -4.01. The zero-order valence-corrected chi connectivity index (χ0v) is 12.0. The lowest BCUT2D eigenvalue weighted by Crippen LogP contribution is -2.21. The van der Waals surface area contributed by atoms with Crippen molar-refractivity contribution in [1.29, 1.82) is 0 Å². The molecule has 0 aliphatic carbocycles. The molecule has 1 heterocycles. The first-order valence-electron chi connectivity index (χ1n) is 5.41. The maximum Gasteiger partial charge on any atom is 0.262 e. The van der Waals surface area contributed by atoms with Gasteiger partial charge in [0, 0.05) is 13.2 Å². The van der Waals surface area contributed by atoms with Crippen LogP contribution in [0, 0.1) is 5.82 Å². The number of hydrogen-bond acceptors (Lipinski definition) is 4. The molecule has 0 bridgehead atoms. The van der Waals surface area contributed by atoms with Crippen molar-refractivity contribution in [2.75, 3.05) is 4.72 Å². The molecule has 0 atom stereocenters. The van der Waals surface area contributed by atoms with Crippen molar-refractivity contribution in [2.24, 2.45) is 12.8 Å². The quantitative estimate of drug-likeness (QED) is 0.822. The maximum atomic E-state index is 13.7. The average Bonchev–Trinajstić information content (AvgIpc) is 2.73. The van der Waals surface area contributed by atoms with Gasteiger partial charge in [-0.25, -0.2) is 12.8 Å². The van der Waals surface area contributed by atoms with Crippen LogP contribution < -0.4 is 10.5 Å². The number of thiocarbonyl (C=S) groups is 1. The summed E-state index contributed by atoms with van der Waals surface area (Å²) in [6.45, 7) is 0. The summed E-state index contributed by atoms with van der Waals surface area (Å²) in [6.07, 6.45) is 2.80. The first kappa shape index (κ1) is 14.4. The molecule has 1 aromatic carbocycles. The molecule has 9 heteroatoms. The van der Waals surface area contributed by atoms with Crippen LogP contribution in [-0.2, 0) is 17.1 Å². The van der Waals surface area contributed by atoms with Gasteiger partial charge in [0.15, 0.2) is 0 Å². The fraction of sp³-hybridized carbons (Fsp3) is 0.0909. The Labute approximate surface area is 120 Å². The number of aromatic nitrogens is 2. The topological polar surface area (TPSA) is 90.0 Å². The monoisotopic (exact) mass is 314 g/mol. The molecule has 0 fully saturated rings. The van der Waals surface area contributed by atoms with Gasteiger partial charge in [-0.3, -0.25) is 9.40 Å². The highest BCUT2D eigenvalue weighted by atomic mass is 32.2. The summed E-state index contributed by atoms with van der Waals surface area (Å²) in [4.78, 5) is -0.636. The van der Waals surface area contributed by atoms with Crippen molar-refractivity contribution in [1.82, 2.24) is 9.78 Å². The minimum absolute atomic E-state index is 0.255. The molecule has 0 saturated carbocycles. The van der Waals surface area contributed by atoms with Crippen molar-refractivity contribution in [2.45, 2.75) is 4.90 Å². The summed E-state index contributed by atoms with van der Waals surface area (Å²) < 4.78 is 41.9. The van der Waals surface area contributed by atoms with Crippen molar-refractivity contribution < 1.29 is 12.8 Å². The Morgan fingerprint density at radius 1 is 1.50 bits per heavy atom. The molecule has 1 aromatic heterocycles. The average molecular weight is 314 g/mol. The second-order valence-electron chi connectivity index (χ2n) is 3.99. The molecule has 2 rings (SSSR count). The summed E-state index contributed by atoms with van der Waals surface area (Å²) in [5.41, 5.74) is 5.34. The van der Waals surface area contributed by atoms with E-state index in [1.54, 1.807) is 7.05 Å². The lowest BCUT2D eigenvalue weighted by molar-refractivity contribution is 0.594. The van der Waals surface area contributed by atoms with E-state index in [0.29, 0.717) is 0 Å². The third-order valence-electron chi connectivity index (χ3n) is 2.47. The highest BCUT2D eigenvalue weighted by Gasteiger charge is 2.23. The molecule has 0 aliphatic heterocycles. The largest absolute Gasteiger partial charge is 0.389 e. The second-order valence-corrected chi connectivity index (χ2v) is 6.08. The Balaban J connectivity index is 2.50. The van der Waals surface area contributed by atoms with Gasteiger partial charge in [-0.05, 0) is 12.1 Å². The second kappa shape index (κ2) is 5.17. The molecule has 0 aliphatic rings. The van der Waals surface area contributed by atoms with E-state index in [9.17, 15) is 12.8 Å². The smallest absolute Gasteiger partial charge is 0.262 e. The Morgan fingerprint density at radius 3 is 2.75 bits per heavy atom. The first-order valence-corrected chi connectivity index (χ1v) is 7.30. The van der Waals surface area contributed by atoms with E-state index in [2.05, 4.69) is 9.82 Å². The van der Waals surface area contributed by atoms with Crippen molar-refractivity contribution in [3.8, 4) is 0 Å². The van der Waals surface area contributed by atoms with E-state index in [1.165, 1.54) is 29.2 Å². The molecule has 6 nitrogen and oxygen atoms in total. The fourth-order valence-electron chi connectivity index (χ4n) is 1.65. The number of rotatable bonds is 4. The number of hydrogen-bond donors (Lipinski definition) is 2. The van der Waals surface area contributed by atoms with E-state index in [1.807, 2.05) is 0 Å². The van der Waals surface area contributed by atoms with Crippen LogP contribution >= 0.6 is 12.2 Å². The lowest BCUT2D eigenvalue weighted by atomic mass is 10.2. The third kappa shape index (κ3) is 2.78. The summed E-state index contributed by atoms with van der Waals surface area (Å²) in [5, 5.41) is 3.83. The molecule has 20 heavy (non-hydrogen) atoms. The van der Waals surface area contributed by atoms with Crippen LogP contribution in [0.2, 0.25) is 0 Å². The third-order valence-corrected chi connectivity index (χ3v) is 4.10. The molecule has 0 saturated heterocycles. The standard InChI is InChI=1S/C11H11FN4O2S2/c1-16-6-7(5-14-16)15-20(17,18)9-4-2-3-8(12)10(9)11(13)19/h2-6,15H,1H3,(H2,13,19). The highest BCUT2D eigenvalue weighted by Crippen LogP contribution is 2.21. The highest BCUT2D eigenvalue weighted by molar-refractivity contribution is 7.93. The van der Waals surface area contributed by atoms with Crippen LogP contribution in [0.1, 0.15) is 5.56 Å². The number of nitrogens with zero attached hydrogens (tertiary/aromatic N) is 2. The van der Waals surface area contributed by atoms with Gasteiger partial charge in [0.1, 0.15) is 15.7 Å². The SMILES string of the molecule is Cn1cc(NS(=O)(=O)c2cccc(F)c2C(N)=S)cn1. The van der Waals surface area contributed by atoms with Gasteiger partial charge >= 0.3 is 0 Å². The molecule has 0 spiro atoms.